The van der Waals surface area contributed by atoms with Crippen LogP contribution in [-0.2, 0) is 32.7 Å². The normalized spacial score (nSPS) is 2.00. The largest absolute Gasteiger partial charge is 0.0776 e. The average Bonchev–Trinajstić information content (AvgIpc) is 2.20. The number of hydrogen-bond acceptors (Lipinski definition) is 0. The van der Waals surface area contributed by atoms with E-state index in [9.17, 15) is 0 Å². The molecule has 1 radical (unpaired) electrons. The molecule has 0 rings (SSSR count). The van der Waals surface area contributed by atoms with E-state index < -0.39 is 0 Å². The minimum atomic E-state index is 0. The SMILES string of the molecule is C.C.C.C.CC.CC.CC.CC.CC.[2HH].[Y]. The first kappa shape index (κ1) is 98.6. The minimum Gasteiger partial charge on any atom is -0.0776 e. The summed E-state index contributed by atoms with van der Waals surface area (Å²) in [6, 6.07) is 0. The van der Waals surface area contributed by atoms with Crippen LogP contribution < -0.4 is 0 Å². The second-order valence-electron chi connectivity index (χ2n) is 0. The Morgan fingerprint density at radius 3 is 0.333 bits per heavy atom. The molecule has 0 spiro atoms. The third kappa shape index (κ3) is 2130. The molecular weight excluding hydrogens is 257 g/mol. The summed E-state index contributed by atoms with van der Waals surface area (Å²) in [6.07, 6.45) is 0. The topological polar surface area (TPSA) is 0 Å². The van der Waals surface area contributed by atoms with Crippen LogP contribution in [0, 0.1) is 0 Å². The van der Waals surface area contributed by atoms with Gasteiger partial charge in [0.1, 0.15) is 0 Å². The molecule has 0 saturated carbocycles. The monoisotopic (exact) mass is 306 g/mol. The minimum absolute atomic E-state index is 0. The van der Waals surface area contributed by atoms with Crippen LogP contribution in [0.25, 0.3) is 0 Å². The van der Waals surface area contributed by atoms with Crippen molar-refractivity contribution in [1.29, 1.82) is 0 Å². The van der Waals surface area contributed by atoms with E-state index in [2.05, 4.69) is 0 Å². The molecular formula is C14H48Y. The standard InChI is InChI=1S/5C2H6.4CH4.Y.H2/c5*1-2;;;;;;/h5*1-2H3;4*1H4;;1H/i;;;;;;;;;;1+1. The summed E-state index contributed by atoms with van der Waals surface area (Å²) in [5, 5.41) is 0. The molecule has 0 saturated heterocycles. The summed E-state index contributed by atoms with van der Waals surface area (Å²) in [4.78, 5) is 0. The van der Waals surface area contributed by atoms with E-state index in [1.54, 1.807) is 0 Å². The maximum Gasteiger partial charge on any atom is 0 e. The van der Waals surface area contributed by atoms with Gasteiger partial charge in [-0.3, -0.25) is 0 Å². The van der Waals surface area contributed by atoms with Crippen LogP contribution in [0.1, 0.15) is 100 Å². The first-order valence-electron chi connectivity index (χ1n) is 5.00. The first-order chi connectivity index (χ1) is 5.00. The summed E-state index contributed by atoms with van der Waals surface area (Å²) in [5.74, 6) is 0. The Labute approximate surface area is 132 Å². The molecule has 0 nitrogen and oxygen atoms in total. The summed E-state index contributed by atoms with van der Waals surface area (Å²) in [5.41, 5.74) is 0. The molecule has 0 aromatic heterocycles. The Balaban J connectivity index is -0.00000000198. The maximum absolute atomic E-state index is 2.00. The van der Waals surface area contributed by atoms with Crippen molar-refractivity contribution in [2.75, 3.05) is 0 Å². The molecule has 0 aromatic rings. The van der Waals surface area contributed by atoms with E-state index in [4.69, 9.17) is 0 Å². The molecule has 0 atom stereocenters. The summed E-state index contributed by atoms with van der Waals surface area (Å²) in [7, 11) is 0. The summed E-state index contributed by atoms with van der Waals surface area (Å²) in [6.45, 7) is 20.0. The van der Waals surface area contributed by atoms with E-state index in [1.807, 2.05) is 69.2 Å². The van der Waals surface area contributed by atoms with Crippen molar-refractivity contribution < 1.29 is 34.1 Å². The zero-order valence-corrected chi connectivity index (χ0v) is 13.4. The molecule has 1 heteroatoms. The predicted octanol–water partition coefficient (Wildman–Crippen LogP) is 7.92. The van der Waals surface area contributed by atoms with Crippen molar-refractivity contribution in [2.45, 2.75) is 98.9 Å². The van der Waals surface area contributed by atoms with Gasteiger partial charge in [0.2, 0.25) is 0 Å². The van der Waals surface area contributed by atoms with Crippen LogP contribution in [-0.4, -0.2) is 0 Å². The molecule has 0 bridgehead atoms. The van der Waals surface area contributed by atoms with E-state index in [-0.39, 0.29) is 63.8 Å². The van der Waals surface area contributed by atoms with Crippen LogP contribution in [0.15, 0.2) is 0 Å². The third-order valence-corrected chi connectivity index (χ3v) is 0. The van der Waals surface area contributed by atoms with Gasteiger partial charge in [0.15, 0.2) is 0 Å². The Hall–Kier alpha value is 1.10. The van der Waals surface area contributed by atoms with Gasteiger partial charge in [-0.1, -0.05) is 98.9 Å². The van der Waals surface area contributed by atoms with Crippen LogP contribution in [0.4, 0.5) is 0 Å². The van der Waals surface area contributed by atoms with E-state index >= 15 is 0 Å². The van der Waals surface area contributed by atoms with Crippen molar-refractivity contribution in [1.82, 2.24) is 0 Å². The fourth-order valence-corrected chi connectivity index (χ4v) is 0. The van der Waals surface area contributed by atoms with E-state index in [0.29, 0.717) is 0 Å². The third-order valence-electron chi connectivity index (χ3n) is 0. The Morgan fingerprint density at radius 1 is 0.333 bits per heavy atom. The molecule has 0 aliphatic rings. The molecule has 0 aliphatic carbocycles. The average molecular weight is 306 g/mol. The van der Waals surface area contributed by atoms with Gasteiger partial charge in [-0.2, -0.15) is 0 Å². The Morgan fingerprint density at radius 2 is 0.333 bits per heavy atom. The fraction of sp³-hybridized carbons (Fsp3) is 1.00. The van der Waals surface area contributed by atoms with Gasteiger partial charge < -0.3 is 0 Å². The maximum atomic E-state index is 2.00. The molecule has 15 heavy (non-hydrogen) atoms. The van der Waals surface area contributed by atoms with Gasteiger partial charge in [0, 0.05) is 34.1 Å². The second kappa shape index (κ2) is 2470. The summed E-state index contributed by atoms with van der Waals surface area (Å²) >= 11 is 0. The molecule has 0 aromatic carbocycles. The zero-order valence-electron chi connectivity index (χ0n) is 10.6. The van der Waals surface area contributed by atoms with Gasteiger partial charge in [-0.15, -0.1) is 0 Å². The smallest absolute Gasteiger partial charge is 0 e. The van der Waals surface area contributed by atoms with Crippen molar-refractivity contribution in [2.24, 2.45) is 0 Å². The molecule has 0 unspecified atom stereocenters. The zero-order chi connectivity index (χ0) is 10.0. The second-order valence-corrected chi connectivity index (χ2v) is 0. The van der Waals surface area contributed by atoms with Crippen LogP contribution in [0.2, 0.25) is 0 Å². The summed E-state index contributed by atoms with van der Waals surface area (Å²) < 4.78 is 0. The van der Waals surface area contributed by atoms with Gasteiger partial charge >= 0.3 is 0 Å². The van der Waals surface area contributed by atoms with Crippen molar-refractivity contribution in [3.8, 4) is 0 Å². The van der Waals surface area contributed by atoms with Crippen molar-refractivity contribution in [3.63, 3.8) is 0 Å². The molecule has 0 heterocycles. The molecule has 0 aliphatic heterocycles. The quantitative estimate of drug-likeness (QED) is 0.426. The van der Waals surface area contributed by atoms with Crippen LogP contribution >= 0.6 is 0 Å². The Kier molecular flexibility index (Phi) is 16200. The van der Waals surface area contributed by atoms with Crippen molar-refractivity contribution >= 4 is 0 Å². The van der Waals surface area contributed by atoms with E-state index in [0.717, 1.165) is 0 Å². The Bertz CT molecular complexity index is 10.7. The van der Waals surface area contributed by atoms with E-state index in [1.165, 1.54) is 0 Å². The van der Waals surface area contributed by atoms with Gasteiger partial charge in [0.25, 0.3) is 0 Å². The number of rotatable bonds is 0. The predicted molar refractivity (Wildman–Crippen MR) is 85.8 cm³/mol. The molecule has 0 fully saturated rings. The van der Waals surface area contributed by atoms with Crippen LogP contribution in [0.3, 0.4) is 0 Å². The molecule has 0 N–H and O–H groups in total. The van der Waals surface area contributed by atoms with Gasteiger partial charge in [-0.25, -0.2) is 0 Å². The molecule has 0 amide bonds. The molecule has 107 valence electrons. The van der Waals surface area contributed by atoms with Crippen molar-refractivity contribution in [3.05, 3.63) is 0 Å². The van der Waals surface area contributed by atoms with Gasteiger partial charge in [0.05, 0.1) is 0 Å². The van der Waals surface area contributed by atoms with Gasteiger partial charge in [-0.05, 0) is 0 Å². The number of hydrogen-bond donors (Lipinski definition) is 0. The first-order valence-corrected chi connectivity index (χ1v) is 5.00. The van der Waals surface area contributed by atoms with Crippen LogP contribution in [0.5, 0.6) is 0 Å². The fourth-order valence-electron chi connectivity index (χ4n) is 0.